The number of hydrogen-bond donors (Lipinski definition) is 2. The van der Waals surface area contributed by atoms with Crippen molar-refractivity contribution in [2.24, 2.45) is 0 Å². The van der Waals surface area contributed by atoms with Gasteiger partial charge in [-0.05, 0) is 38.1 Å². The minimum Gasteiger partial charge on any atom is -0.497 e. The third-order valence-corrected chi connectivity index (χ3v) is 3.99. The largest absolute Gasteiger partial charge is 0.497 e. The number of hydrogen-bond acceptors (Lipinski definition) is 5. The maximum Gasteiger partial charge on any atom is 0.121 e. The number of benzene rings is 1. The molecule has 0 spiro atoms. The van der Waals surface area contributed by atoms with Crippen molar-refractivity contribution in [1.82, 2.24) is 9.88 Å². The predicted octanol–water partition coefficient (Wildman–Crippen LogP) is 3.56. The molecule has 0 radical (unpaired) electrons. The SMILES string of the molecule is CCCN(CCC)CC(O)CNc1cc(OC)cc2cccnc12.Cl. The maximum absolute atomic E-state index is 10.4. The van der Waals surface area contributed by atoms with Gasteiger partial charge in [0, 0.05) is 30.7 Å². The van der Waals surface area contributed by atoms with E-state index in [0.717, 1.165) is 48.3 Å². The van der Waals surface area contributed by atoms with Crippen LogP contribution in [0.25, 0.3) is 10.9 Å². The molecule has 2 N–H and O–H groups in total. The smallest absolute Gasteiger partial charge is 0.121 e. The third-order valence-electron chi connectivity index (χ3n) is 3.99. The second kappa shape index (κ2) is 11.1. The van der Waals surface area contributed by atoms with Gasteiger partial charge in [-0.1, -0.05) is 19.9 Å². The van der Waals surface area contributed by atoms with Crippen molar-refractivity contribution < 1.29 is 9.84 Å². The highest BCUT2D eigenvalue weighted by Crippen LogP contribution is 2.27. The minimum atomic E-state index is -0.423. The van der Waals surface area contributed by atoms with Crippen LogP contribution >= 0.6 is 12.4 Å². The summed E-state index contributed by atoms with van der Waals surface area (Å²) >= 11 is 0. The number of rotatable bonds is 10. The van der Waals surface area contributed by atoms with E-state index in [1.54, 1.807) is 13.3 Å². The second-order valence-electron chi connectivity index (χ2n) is 6.09. The molecular formula is C19H30ClN3O2. The highest BCUT2D eigenvalue weighted by Gasteiger charge is 2.12. The first-order chi connectivity index (χ1) is 11.7. The molecule has 0 saturated heterocycles. The van der Waals surface area contributed by atoms with Crippen molar-refractivity contribution >= 4 is 29.0 Å². The molecule has 0 fully saturated rings. The summed E-state index contributed by atoms with van der Waals surface area (Å²) in [5.41, 5.74) is 1.78. The Kier molecular flexibility index (Phi) is 9.57. The fraction of sp³-hybridized carbons (Fsp3) is 0.526. The van der Waals surface area contributed by atoms with Gasteiger partial charge in [-0.2, -0.15) is 0 Å². The van der Waals surface area contributed by atoms with Gasteiger partial charge in [0.05, 0.1) is 24.4 Å². The number of nitrogens with one attached hydrogen (secondary N) is 1. The Morgan fingerprint density at radius 2 is 1.96 bits per heavy atom. The summed E-state index contributed by atoms with van der Waals surface area (Å²) in [4.78, 5) is 6.76. The zero-order chi connectivity index (χ0) is 17.4. The summed E-state index contributed by atoms with van der Waals surface area (Å²) in [6.07, 6.45) is 3.56. The van der Waals surface area contributed by atoms with Crippen LogP contribution in [0.1, 0.15) is 26.7 Å². The van der Waals surface area contributed by atoms with Crippen LogP contribution in [0.15, 0.2) is 30.5 Å². The molecule has 1 unspecified atom stereocenters. The lowest BCUT2D eigenvalue weighted by molar-refractivity contribution is 0.121. The Balaban J connectivity index is 0.00000312. The lowest BCUT2D eigenvalue weighted by atomic mass is 10.1. The first kappa shape index (κ1) is 21.5. The maximum atomic E-state index is 10.4. The van der Waals surface area contributed by atoms with E-state index in [-0.39, 0.29) is 12.4 Å². The Bertz CT molecular complexity index is 633. The number of anilines is 1. The summed E-state index contributed by atoms with van der Waals surface area (Å²) < 4.78 is 5.36. The summed E-state index contributed by atoms with van der Waals surface area (Å²) in [5.74, 6) is 0.783. The Labute approximate surface area is 156 Å². The first-order valence-electron chi connectivity index (χ1n) is 8.75. The van der Waals surface area contributed by atoms with Crippen LogP contribution in [-0.4, -0.2) is 54.4 Å². The summed E-state index contributed by atoms with van der Waals surface area (Å²) in [7, 11) is 1.66. The lowest BCUT2D eigenvalue weighted by Gasteiger charge is -2.24. The lowest BCUT2D eigenvalue weighted by Crippen LogP contribution is -2.37. The van der Waals surface area contributed by atoms with Gasteiger partial charge in [-0.3, -0.25) is 4.98 Å². The molecule has 0 saturated carbocycles. The van der Waals surface area contributed by atoms with Crippen LogP contribution < -0.4 is 10.1 Å². The van der Waals surface area contributed by atoms with Crippen LogP contribution in [0, 0.1) is 0 Å². The fourth-order valence-electron chi connectivity index (χ4n) is 2.93. The zero-order valence-corrected chi connectivity index (χ0v) is 16.2. The Hall–Kier alpha value is -1.56. The number of methoxy groups -OCH3 is 1. The van der Waals surface area contributed by atoms with Gasteiger partial charge in [0.2, 0.25) is 0 Å². The van der Waals surface area contributed by atoms with E-state index < -0.39 is 6.10 Å². The van der Waals surface area contributed by atoms with Crippen LogP contribution in [0.4, 0.5) is 5.69 Å². The molecule has 1 aromatic carbocycles. The van der Waals surface area contributed by atoms with E-state index in [1.807, 2.05) is 24.3 Å². The van der Waals surface area contributed by atoms with Gasteiger partial charge in [0.15, 0.2) is 0 Å². The van der Waals surface area contributed by atoms with Gasteiger partial charge in [0.25, 0.3) is 0 Å². The van der Waals surface area contributed by atoms with Crippen LogP contribution in [-0.2, 0) is 0 Å². The van der Waals surface area contributed by atoms with Gasteiger partial charge >= 0.3 is 0 Å². The Morgan fingerprint density at radius 1 is 1.24 bits per heavy atom. The predicted molar refractivity (Wildman–Crippen MR) is 107 cm³/mol. The average molecular weight is 368 g/mol. The molecule has 1 heterocycles. The molecule has 25 heavy (non-hydrogen) atoms. The van der Waals surface area contributed by atoms with Crippen LogP contribution in [0.5, 0.6) is 5.75 Å². The van der Waals surface area contributed by atoms with Crippen molar-refractivity contribution in [1.29, 1.82) is 0 Å². The molecule has 2 aromatic rings. The van der Waals surface area contributed by atoms with E-state index in [2.05, 4.69) is 29.0 Å². The number of pyridine rings is 1. The molecule has 0 amide bonds. The number of aliphatic hydroxyl groups is 1. The number of nitrogens with zero attached hydrogens (tertiary/aromatic N) is 2. The van der Waals surface area contributed by atoms with Gasteiger partial charge in [0.1, 0.15) is 5.75 Å². The number of ether oxygens (including phenoxy) is 1. The van der Waals surface area contributed by atoms with Gasteiger partial charge in [-0.15, -0.1) is 12.4 Å². The highest BCUT2D eigenvalue weighted by atomic mass is 35.5. The van der Waals surface area contributed by atoms with Crippen molar-refractivity contribution in [2.75, 3.05) is 38.6 Å². The number of halogens is 1. The van der Waals surface area contributed by atoms with Crippen molar-refractivity contribution in [3.8, 4) is 5.75 Å². The van der Waals surface area contributed by atoms with Gasteiger partial charge in [-0.25, -0.2) is 0 Å². The molecule has 6 heteroatoms. The molecule has 0 aliphatic rings. The zero-order valence-electron chi connectivity index (χ0n) is 15.4. The average Bonchev–Trinajstić information content (AvgIpc) is 2.59. The van der Waals surface area contributed by atoms with Crippen molar-refractivity contribution in [2.45, 2.75) is 32.8 Å². The van der Waals surface area contributed by atoms with E-state index in [9.17, 15) is 5.11 Å². The summed E-state index contributed by atoms with van der Waals surface area (Å²) in [6, 6.07) is 7.82. The summed E-state index contributed by atoms with van der Waals surface area (Å²) in [5, 5.41) is 14.7. The van der Waals surface area contributed by atoms with Gasteiger partial charge < -0.3 is 20.1 Å². The number of fused-ring (bicyclic) bond motifs is 1. The molecule has 1 atom stereocenters. The molecule has 0 aliphatic heterocycles. The van der Waals surface area contributed by atoms with Crippen molar-refractivity contribution in [3.63, 3.8) is 0 Å². The quantitative estimate of drug-likeness (QED) is 0.672. The number of aliphatic hydroxyl groups excluding tert-OH is 1. The molecule has 1 aromatic heterocycles. The van der Waals surface area contributed by atoms with E-state index in [0.29, 0.717) is 13.1 Å². The molecule has 2 rings (SSSR count). The normalized spacial score (nSPS) is 12.0. The number of aromatic nitrogens is 1. The standard InChI is InChI=1S/C19H29N3O2.ClH/c1-4-9-22(10-5-2)14-16(23)13-21-18-12-17(24-3)11-15-7-6-8-20-19(15)18;/h6-8,11-12,16,21,23H,4-5,9-10,13-14H2,1-3H3;1H. The molecule has 5 nitrogen and oxygen atoms in total. The topological polar surface area (TPSA) is 57.6 Å². The van der Waals surface area contributed by atoms with Crippen LogP contribution in [0.2, 0.25) is 0 Å². The van der Waals surface area contributed by atoms with Crippen molar-refractivity contribution in [3.05, 3.63) is 30.5 Å². The minimum absolute atomic E-state index is 0. The Morgan fingerprint density at radius 3 is 2.60 bits per heavy atom. The monoisotopic (exact) mass is 367 g/mol. The molecular weight excluding hydrogens is 338 g/mol. The first-order valence-corrected chi connectivity index (χ1v) is 8.75. The highest BCUT2D eigenvalue weighted by molar-refractivity contribution is 5.91. The fourth-order valence-corrected chi connectivity index (χ4v) is 2.93. The van der Waals surface area contributed by atoms with E-state index in [4.69, 9.17) is 4.74 Å². The molecule has 140 valence electrons. The van der Waals surface area contributed by atoms with Crippen LogP contribution in [0.3, 0.4) is 0 Å². The molecule has 0 bridgehead atoms. The van der Waals surface area contributed by atoms with E-state index >= 15 is 0 Å². The summed E-state index contributed by atoms with van der Waals surface area (Å²) in [6.45, 7) is 7.55. The van der Waals surface area contributed by atoms with E-state index in [1.165, 1.54) is 0 Å². The molecule has 0 aliphatic carbocycles. The third kappa shape index (κ3) is 6.34. The second-order valence-corrected chi connectivity index (χ2v) is 6.09.